The van der Waals surface area contributed by atoms with Gasteiger partial charge in [0, 0.05) is 0 Å². The van der Waals surface area contributed by atoms with Crippen LogP contribution in [0, 0.1) is 0 Å². The highest BCUT2D eigenvalue weighted by atomic mass is 13.8. The van der Waals surface area contributed by atoms with Crippen LogP contribution in [0.2, 0.25) is 0 Å². The zero-order valence-electron chi connectivity index (χ0n) is 5.56. The lowest BCUT2D eigenvalue weighted by Gasteiger charge is -1.84. The molecule has 0 fully saturated rings. The van der Waals surface area contributed by atoms with Crippen molar-refractivity contribution in [3.05, 3.63) is 24.8 Å². The normalized spacial score (nSPS) is 10.1. The minimum atomic E-state index is 1.20. The first-order chi connectivity index (χ1) is 3.91. The molecule has 0 aromatic rings. The zero-order valence-corrected chi connectivity index (χ0v) is 5.56. The fourth-order valence-electron chi connectivity index (χ4n) is 0.514. The molecule has 46 valence electrons. The first kappa shape index (κ1) is 7.48. The standard InChI is InChI=1S/C8H14/c1-3-5-7-8-6-4-2/h3,5,7H,1,4,6,8H2,2H3/b7-5+. The molecule has 0 saturated carbocycles. The van der Waals surface area contributed by atoms with Crippen molar-refractivity contribution in [2.45, 2.75) is 26.2 Å². The highest BCUT2D eigenvalue weighted by Crippen LogP contribution is 1.93. The van der Waals surface area contributed by atoms with E-state index in [-0.39, 0.29) is 0 Å². The van der Waals surface area contributed by atoms with E-state index >= 15 is 0 Å². The summed E-state index contributed by atoms with van der Waals surface area (Å²) in [7, 11) is 0. The van der Waals surface area contributed by atoms with E-state index in [1.165, 1.54) is 19.3 Å². The van der Waals surface area contributed by atoms with Gasteiger partial charge in [-0.25, -0.2) is 0 Å². The molecule has 0 heteroatoms. The Balaban J connectivity index is 2.91. The van der Waals surface area contributed by atoms with E-state index in [2.05, 4.69) is 19.6 Å². The van der Waals surface area contributed by atoms with Crippen molar-refractivity contribution < 1.29 is 0 Å². The van der Waals surface area contributed by atoms with Gasteiger partial charge in [-0.2, -0.15) is 0 Å². The van der Waals surface area contributed by atoms with Crippen LogP contribution in [0.5, 0.6) is 0 Å². The summed E-state index contributed by atoms with van der Waals surface area (Å²) >= 11 is 0. The molecule has 8 heavy (non-hydrogen) atoms. The van der Waals surface area contributed by atoms with Crippen molar-refractivity contribution >= 4 is 0 Å². The molecule has 0 aromatic heterocycles. The predicted octanol–water partition coefficient (Wildman–Crippen LogP) is 2.92. The molecule has 0 spiro atoms. The summed E-state index contributed by atoms with van der Waals surface area (Å²) in [4.78, 5) is 0. The molecule has 0 rings (SSSR count). The van der Waals surface area contributed by atoms with Gasteiger partial charge in [-0.3, -0.25) is 0 Å². The van der Waals surface area contributed by atoms with Crippen LogP contribution in [0.15, 0.2) is 24.8 Å². The Hall–Kier alpha value is -0.520. The third kappa shape index (κ3) is 5.48. The molecule has 0 bridgehead atoms. The van der Waals surface area contributed by atoms with E-state index < -0.39 is 0 Å². The molecule has 0 N–H and O–H groups in total. The van der Waals surface area contributed by atoms with Gasteiger partial charge in [0.1, 0.15) is 0 Å². The predicted molar refractivity (Wildman–Crippen MR) is 38.9 cm³/mol. The minimum Gasteiger partial charge on any atom is -0.0991 e. The van der Waals surface area contributed by atoms with Gasteiger partial charge in [0.2, 0.25) is 0 Å². The molecule has 0 nitrogen and oxygen atoms in total. The lowest BCUT2D eigenvalue weighted by atomic mass is 10.2. The monoisotopic (exact) mass is 110 g/mol. The van der Waals surface area contributed by atoms with Crippen LogP contribution < -0.4 is 0 Å². The van der Waals surface area contributed by atoms with Crippen LogP contribution in [0.3, 0.4) is 0 Å². The molecule has 0 aliphatic rings. The average molecular weight is 110 g/mol. The van der Waals surface area contributed by atoms with Crippen LogP contribution in [-0.2, 0) is 0 Å². The molecule has 0 radical (unpaired) electrons. The number of allylic oxidation sites excluding steroid dienone is 3. The maximum Gasteiger partial charge on any atom is -0.0348 e. The van der Waals surface area contributed by atoms with Crippen molar-refractivity contribution in [3.8, 4) is 0 Å². The summed E-state index contributed by atoms with van der Waals surface area (Å²) in [5, 5.41) is 0. The van der Waals surface area contributed by atoms with E-state index in [0.29, 0.717) is 0 Å². The number of rotatable bonds is 4. The molecule has 0 amide bonds. The second-order valence-electron chi connectivity index (χ2n) is 1.81. The fourth-order valence-corrected chi connectivity index (χ4v) is 0.514. The summed E-state index contributed by atoms with van der Waals surface area (Å²) in [6, 6.07) is 0. The van der Waals surface area contributed by atoms with E-state index in [1.807, 2.05) is 12.2 Å². The second-order valence-corrected chi connectivity index (χ2v) is 1.81. The Kier molecular flexibility index (Phi) is 6.06. The van der Waals surface area contributed by atoms with Crippen LogP contribution in [0.25, 0.3) is 0 Å². The van der Waals surface area contributed by atoms with Crippen molar-refractivity contribution in [1.82, 2.24) is 0 Å². The van der Waals surface area contributed by atoms with E-state index in [4.69, 9.17) is 0 Å². The Bertz CT molecular complexity index is 70.1. The number of hydrogen-bond acceptors (Lipinski definition) is 0. The van der Waals surface area contributed by atoms with Gasteiger partial charge in [-0.15, -0.1) is 0 Å². The molecule has 0 atom stereocenters. The molecule has 0 aliphatic carbocycles. The average Bonchev–Trinajstić information content (AvgIpc) is 1.81. The van der Waals surface area contributed by atoms with Crippen LogP contribution in [0.4, 0.5) is 0 Å². The highest BCUT2D eigenvalue weighted by Gasteiger charge is 1.73. The van der Waals surface area contributed by atoms with Gasteiger partial charge < -0.3 is 0 Å². The van der Waals surface area contributed by atoms with E-state index in [1.54, 1.807) is 0 Å². The maximum absolute atomic E-state index is 3.57. The largest absolute Gasteiger partial charge is 0.0991 e. The summed E-state index contributed by atoms with van der Waals surface area (Å²) in [6.07, 6.45) is 9.73. The van der Waals surface area contributed by atoms with Crippen LogP contribution in [0.1, 0.15) is 26.2 Å². The molecule has 0 saturated heterocycles. The smallest absolute Gasteiger partial charge is 0.0348 e. The third-order valence-corrected chi connectivity index (χ3v) is 0.997. The van der Waals surface area contributed by atoms with Gasteiger partial charge in [-0.1, -0.05) is 44.6 Å². The summed E-state index contributed by atoms with van der Waals surface area (Å²) in [6.45, 7) is 5.77. The number of hydrogen-bond donors (Lipinski definition) is 0. The zero-order chi connectivity index (χ0) is 6.24. The van der Waals surface area contributed by atoms with Crippen LogP contribution >= 0.6 is 0 Å². The van der Waals surface area contributed by atoms with E-state index in [9.17, 15) is 0 Å². The van der Waals surface area contributed by atoms with Gasteiger partial charge in [-0.05, 0) is 6.42 Å². The van der Waals surface area contributed by atoms with Crippen molar-refractivity contribution in [2.75, 3.05) is 0 Å². The van der Waals surface area contributed by atoms with Gasteiger partial charge in [0.25, 0.3) is 0 Å². The SMILES string of the molecule is C=C/C=C/CCCC. The Morgan fingerprint density at radius 1 is 1.50 bits per heavy atom. The van der Waals surface area contributed by atoms with Crippen molar-refractivity contribution in [2.24, 2.45) is 0 Å². The molecular formula is C8H14. The quantitative estimate of drug-likeness (QED) is 0.385. The lowest BCUT2D eigenvalue weighted by molar-refractivity contribution is 0.815. The molecule has 0 aromatic carbocycles. The fraction of sp³-hybridized carbons (Fsp3) is 0.500. The topological polar surface area (TPSA) is 0 Å². The highest BCUT2D eigenvalue weighted by molar-refractivity contribution is 4.96. The van der Waals surface area contributed by atoms with E-state index in [0.717, 1.165) is 0 Å². The first-order valence-electron chi connectivity index (χ1n) is 3.19. The molecule has 0 aliphatic heterocycles. The summed E-state index contributed by atoms with van der Waals surface area (Å²) in [5.41, 5.74) is 0. The minimum absolute atomic E-state index is 1.20. The first-order valence-corrected chi connectivity index (χ1v) is 3.19. The van der Waals surface area contributed by atoms with Gasteiger partial charge in [0.15, 0.2) is 0 Å². The number of unbranched alkanes of at least 4 members (excludes halogenated alkanes) is 2. The molecule has 0 unspecified atom stereocenters. The molecule has 0 heterocycles. The van der Waals surface area contributed by atoms with Crippen molar-refractivity contribution in [3.63, 3.8) is 0 Å². The Morgan fingerprint density at radius 2 is 2.25 bits per heavy atom. The van der Waals surface area contributed by atoms with Crippen LogP contribution in [-0.4, -0.2) is 0 Å². The third-order valence-electron chi connectivity index (χ3n) is 0.997. The summed E-state index contributed by atoms with van der Waals surface area (Å²) < 4.78 is 0. The Morgan fingerprint density at radius 3 is 2.75 bits per heavy atom. The van der Waals surface area contributed by atoms with Crippen molar-refractivity contribution in [1.29, 1.82) is 0 Å². The van der Waals surface area contributed by atoms with Gasteiger partial charge in [0.05, 0.1) is 0 Å². The molecular weight excluding hydrogens is 96.1 g/mol. The summed E-state index contributed by atoms with van der Waals surface area (Å²) in [5.74, 6) is 0. The second kappa shape index (κ2) is 6.48. The maximum atomic E-state index is 3.57. The Labute approximate surface area is 51.9 Å². The lowest BCUT2D eigenvalue weighted by Crippen LogP contribution is -1.64. The van der Waals surface area contributed by atoms with Gasteiger partial charge >= 0.3 is 0 Å².